The van der Waals surface area contributed by atoms with Crippen molar-refractivity contribution in [3.8, 4) is 0 Å². The van der Waals surface area contributed by atoms with E-state index in [1.54, 1.807) is 0 Å². The van der Waals surface area contributed by atoms with Gasteiger partial charge in [-0.1, -0.05) is 26.0 Å². The summed E-state index contributed by atoms with van der Waals surface area (Å²) in [7, 11) is -2.97. The lowest BCUT2D eigenvalue weighted by Gasteiger charge is -2.41. The highest BCUT2D eigenvalue weighted by atomic mass is 32.2. The van der Waals surface area contributed by atoms with Crippen LogP contribution in [0, 0.1) is 5.92 Å². The largest absolute Gasteiger partial charge is 0.380 e. The van der Waals surface area contributed by atoms with E-state index in [-0.39, 0.29) is 11.3 Å². The third-order valence-corrected chi connectivity index (χ3v) is 5.27. The zero-order chi connectivity index (χ0) is 17.1. The molecule has 1 N–H and O–H groups in total. The zero-order valence-electron chi connectivity index (χ0n) is 14.8. The van der Waals surface area contributed by atoms with E-state index in [9.17, 15) is 8.42 Å². The molecule has 1 heterocycles. The molecule has 0 unspecified atom stereocenters. The molecule has 4 nitrogen and oxygen atoms in total. The number of likely N-dealkylation sites (tertiary alicyclic amines) is 1. The van der Waals surface area contributed by atoms with E-state index in [0.717, 1.165) is 43.1 Å². The Bertz CT molecular complexity index is 600. The minimum Gasteiger partial charge on any atom is -0.380 e. The van der Waals surface area contributed by atoms with Gasteiger partial charge in [-0.25, -0.2) is 8.42 Å². The Kier molecular flexibility index (Phi) is 5.74. The normalized spacial score (nSPS) is 19.0. The Morgan fingerprint density at radius 3 is 2.22 bits per heavy atom. The van der Waals surface area contributed by atoms with Crippen molar-refractivity contribution in [2.24, 2.45) is 5.92 Å². The van der Waals surface area contributed by atoms with Crippen molar-refractivity contribution in [3.05, 3.63) is 29.8 Å². The van der Waals surface area contributed by atoms with E-state index >= 15 is 0 Å². The lowest BCUT2D eigenvalue weighted by atomic mass is 9.89. The minimum absolute atomic E-state index is 0.106. The summed E-state index contributed by atoms with van der Waals surface area (Å²) >= 11 is 0. The van der Waals surface area contributed by atoms with Crippen LogP contribution < -0.4 is 5.32 Å². The number of hydrogen-bond acceptors (Lipinski definition) is 4. The van der Waals surface area contributed by atoms with E-state index in [1.807, 2.05) is 24.3 Å². The second-order valence-electron chi connectivity index (χ2n) is 7.65. The van der Waals surface area contributed by atoms with E-state index in [4.69, 9.17) is 0 Å². The molecule has 1 aliphatic heterocycles. The number of nitrogens with zero attached hydrogens (tertiary/aromatic N) is 1. The molecular formula is C18H30N2O2S. The maximum absolute atomic E-state index is 11.3. The van der Waals surface area contributed by atoms with Gasteiger partial charge in [0.05, 0.1) is 5.75 Å². The first-order valence-electron chi connectivity index (χ1n) is 8.42. The van der Waals surface area contributed by atoms with Crippen LogP contribution in [0.3, 0.4) is 0 Å². The molecule has 0 atom stereocenters. The van der Waals surface area contributed by atoms with E-state index in [0.29, 0.717) is 0 Å². The van der Waals surface area contributed by atoms with Crippen LogP contribution in [0.25, 0.3) is 0 Å². The summed E-state index contributed by atoms with van der Waals surface area (Å²) in [6.07, 6.45) is 3.53. The SMILES string of the molecule is CC(C)CN1CCC(C)(Nc2ccc(CS(C)(=O)=O)cc2)CC1. The summed E-state index contributed by atoms with van der Waals surface area (Å²) in [6, 6.07) is 7.79. The molecule has 23 heavy (non-hydrogen) atoms. The van der Waals surface area contributed by atoms with Crippen LogP contribution in [0.1, 0.15) is 39.2 Å². The molecule has 0 radical (unpaired) electrons. The Morgan fingerprint density at radius 1 is 1.17 bits per heavy atom. The molecule has 0 spiro atoms. The van der Waals surface area contributed by atoms with Crippen LogP contribution in [-0.4, -0.2) is 44.7 Å². The van der Waals surface area contributed by atoms with Crippen LogP contribution in [0.5, 0.6) is 0 Å². The van der Waals surface area contributed by atoms with Gasteiger partial charge in [-0.05, 0) is 43.4 Å². The second kappa shape index (κ2) is 7.22. The van der Waals surface area contributed by atoms with Crippen molar-refractivity contribution in [1.29, 1.82) is 0 Å². The predicted octanol–water partition coefficient (Wildman–Crippen LogP) is 3.15. The summed E-state index contributed by atoms with van der Waals surface area (Å²) in [5.74, 6) is 0.823. The van der Waals surface area contributed by atoms with Gasteiger partial charge in [-0.3, -0.25) is 0 Å². The van der Waals surface area contributed by atoms with Gasteiger partial charge >= 0.3 is 0 Å². The molecule has 0 bridgehead atoms. The Hall–Kier alpha value is -1.07. The Balaban J connectivity index is 1.92. The zero-order valence-corrected chi connectivity index (χ0v) is 15.6. The van der Waals surface area contributed by atoms with Crippen LogP contribution in [0.2, 0.25) is 0 Å². The number of sulfone groups is 1. The summed E-state index contributed by atoms with van der Waals surface area (Å²) < 4.78 is 22.7. The first kappa shape index (κ1) is 18.3. The van der Waals surface area contributed by atoms with Gasteiger partial charge in [0, 0.05) is 37.1 Å². The fourth-order valence-corrected chi connectivity index (χ4v) is 4.00. The van der Waals surface area contributed by atoms with Crippen LogP contribution in [0.15, 0.2) is 24.3 Å². The number of piperidine rings is 1. The second-order valence-corrected chi connectivity index (χ2v) is 9.79. The number of nitrogens with one attached hydrogen (secondary N) is 1. The van der Waals surface area contributed by atoms with Crippen molar-refractivity contribution < 1.29 is 8.42 Å². The first-order chi connectivity index (χ1) is 10.7. The van der Waals surface area contributed by atoms with Gasteiger partial charge in [-0.15, -0.1) is 0 Å². The number of hydrogen-bond donors (Lipinski definition) is 1. The van der Waals surface area contributed by atoms with Crippen molar-refractivity contribution >= 4 is 15.5 Å². The molecule has 0 aromatic heterocycles. The molecule has 2 rings (SSSR count). The molecular weight excluding hydrogens is 308 g/mol. The Labute approximate surface area is 141 Å². The lowest BCUT2D eigenvalue weighted by Crippen LogP contribution is -2.48. The molecule has 0 aliphatic carbocycles. The number of rotatable bonds is 6. The van der Waals surface area contributed by atoms with Gasteiger partial charge in [0.1, 0.15) is 0 Å². The molecule has 130 valence electrons. The topological polar surface area (TPSA) is 49.4 Å². The average Bonchev–Trinajstić information content (AvgIpc) is 2.42. The predicted molar refractivity (Wildman–Crippen MR) is 97.5 cm³/mol. The monoisotopic (exact) mass is 338 g/mol. The number of benzene rings is 1. The molecule has 1 saturated heterocycles. The quantitative estimate of drug-likeness (QED) is 0.866. The van der Waals surface area contributed by atoms with Crippen molar-refractivity contribution in [2.45, 2.75) is 44.9 Å². The molecule has 1 aromatic rings. The van der Waals surface area contributed by atoms with Gasteiger partial charge in [0.25, 0.3) is 0 Å². The van der Waals surface area contributed by atoms with Gasteiger partial charge in [0.2, 0.25) is 0 Å². The molecule has 0 amide bonds. The Morgan fingerprint density at radius 2 is 1.74 bits per heavy atom. The molecule has 1 aromatic carbocycles. The highest BCUT2D eigenvalue weighted by Gasteiger charge is 2.29. The van der Waals surface area contributed by atoms with Gasteiger partial charge in [0.15, 0.2) is 9.84 Å². The molecule has 1 fully saturated rings. The van der Waals surface area contributed by atoms with Gasteiger partial charge < -0.3 is 10.2 Å². The summed E-state index contributed by atoms with van der Waals surface area (Å²) in [5.41, 5.74) is 2.03. The highest BCUT2D eigenvalue weighted by molar-refractivity contribution is 7.89. The average molecular weight is 339 g/mol. The lowest BCUT2D eigenvalue weighted by molar-refractivity contribution is 0.166. The van der Waals surface area contributed by atoms with Crippen LogP contribution in [-0.2, 0) is 15.6 Å². The van der Waals surface area contributed by atoms with Crippen molar-refractivity contribution in [2.75, 3.05) is 31.2 Å². The van der Waals surface area contributed by atoms with E-state index in [2.05, 4.69) is 31.0 Å². The first-order valence-corrected chi connectivity index (χ1v) is 10.5. The molecule has 0 saturated carbocycles. The van der Waals surface area contributed by atoms with Gasteiger partial charge in [-0.2, -0.15) is 0 Å². The fourth-order valence-electron chi connectivity index (χ4n) is 3.21. The highest BCUT2D eigenvalue weighted by Crippen LogP contribution is 2.27. The standard InChI is InChI=1S/C18H30N2O2S/c1-15(2)13-20-11-9-18(3,10-12-20)19-17-7-5-16(6-8-17)14-23(4,21)22/h5-8,15,19H,9-14H2,1-4H3. The maximum Gasteiger partial charge on any atom is 0.151 e. The number of anilines is 1. The van der Waals surface area contributed by atoms with Crippen molar-refractivity contribution in [3.63, 3.8) is 0 Å². The third-order valence-electron chi connectivity index (χ3n) is 4.41. The van der Waals surface area contributed by atoms with Crippen LogP contribution in [0.4, 0.5) is 5.69 Å². The smallest absolute Gasteiger partial charge is 0.151 e. The summed E-state index contributed by atoms with van der Waals surface area (Å²) in [5, 5.41) is 3.65. The van der Waals surface area contributed by atoms with E-state index < -0.39 is 9.84 Å². The summed E-state index contributed by atoms with van der Waals surface area (Å²) in [4.78, 5) is 2.54. The van der Waals surface area contributed by atoms with Crippen LogP contribution >= 0.6 is 0 Å². The maximum atomic E-state index is 11.3. The minimum atomic E-state index is -2.97. The van der Waals surface area contributed by atoms with E-state index in [1.165, 1.54) is 12.8 Å². The fraction of sp³-hybridized carbons (Fsp3) is 0.667. The third kappa shape index (κ3) is 6.15. The molecule has 1 aliphatic rings. The van der Waals surface area contributed by atoms with Crippen molar-refractivity contribution in [1.82, 2.24) is 4.90 Å². The summed E-state index contributed by atoms with van der Waals surface area (Å²) in [6.45, 7) is 10.3. The molecule has 5 heteroatoms.